The molecular weight excluding hydrogens is 180 g/mol. The molecule has 0 spiro atoms. The third-order valence-corrected chi connectivity index (χ3v) is 2.54. The molecule has 1 aliphatic rings. The Morgan fingerprint density at radius 1 is 1.50 bits per heavy atom. The maximum absolute atomic E-state index is 10.4. The number of nitrogens with one attached hydrogen (secondary N) is 1. The molecule has 1 rings (SSSR count). The molecule has 0 aromatic rings. The minimum absolute atomic E-state index is 0.163. The number of hydrogen-bond donors (Lipinski definition) is 2. The summed E-state index contributed by atoms with van der Waals surface area (Å²) in [6.45, 7) is 7.58. The molecule has 1 heterocycles. The van der Waals surface area contributed by atoms with E-state index in [1.165, 1.54) is 0 Å². The maximum Gasteiger partial charge on any atom is 0.404 e. The van der Waals surface area contributed by atoms with Crippen LogP contribution in [0.1, 0.15) is 26.7 Å². The molecule has 0 unspecified atom stereocenters. The van der Waals surface area contributed by atoms with Gasteiger partial charge in [-0.3, -0.25) is 0 Å². The third kappa shape index (κ3) is 3.96. The Hall–Kier alpha value is -0.770. The first-order valence-electron chi connectivity index (χ1n) is 5.29. The molecule has 14 heavy (non-hydrogen) atoms. The van der Waals surface area contributed by atoms with Crippen LogP contribution in [-0.2, 0) is 0 Å². The summed E-state index contributed by atoms with van der Waals surface area (Å²) in [4.78, 5) is 12.8. The second kappa shape index (κ2) is 5.20. The Kier molecular flexibility index (Phi) is 4.20. The van der Waals surface area contributed by atoms with Crippen molar-refractivity contribution in [3.63, 3.8) is 0 Å². The zero-order valence-corrected chi connectivity index (χ0v) is 8.99. The Balaban J connectivity index is 2.21. The van der Waals surface area contributed by atoms with Crippen LogP contribution in [0, 0.1) is 5.92 Å². The van der Waals surface area contributed by atoms with Crippen molar-refractivity contribution in [3.8, 4) is 0 Å². The van der Waals surface area contributed by atoms with Gasteiger partial charge in [0.15, 0.2) is 0 Å². The molecular formula is C10H20N2O2. The monoisotopic (exact) mass is 200 g/mol. The predicted molar refractivity (Wildman–Crippen MR) is 55.5 cm³/mol. The Morgan fingerprint density at radius 3 is 2.50 bits per heavy atom. The molecule has 4 heteroatoms. The highest BCUT2D eigenvalue weighted by Crippen LogP contribution is 2.11. The molecule has 82 valence electrons. The zero-order valence-electron chi connectivity index (χ0n) is 8.99. The van der Waals surface area contributed by atoms with E-state index in [0.717, 1.165) is 32.5 Å². The predicted octanol–water partition coefficient (Wildman–Crippen LogP) is 1.37. The molecule has 2 N–H and O–H groups in total. The number of rotatable bonds is 3. The van der Waals surface area contributed by atoms with Gasteiger partial charge in [0, 0.05) is 25.7 Å². The van der Waals surface area contributed by atoms with E-state index >= 15 is 0 Å². The third-order valence-electron chi connectivity index (χ3n) is 2.54. The Morgan fingerprint density at radius 2 is 2.07 bits per heavy atom. The Labute approximate surface area is 85.3 Å². The molecule has 0 aromatic carbocycles. The van der Waals surface area contributed by atoms with Crippen LogP contribution in [0.3, 0.4) is 0 Å². The molecule has 0 radical (unpaired) electrons. The molecule has 1 aliphatic heterocycles. The smallest absolute Gasteiger partial charge is 0.404 e. The number of likely N-dealkylation sites (tertiary alicyclic amines) is 1. The summed E-state index contributed by atoms with van der Waals surface area (Å²) < 4.78 is 0. The number of hydrogen-bond acceptors (Lipinski definition) is 2. The lowest BCUT2D eigenvalue weighted by Crippen LogP contribution is -2.45. The standard InChI is InChI=1S/C10H20N2O2/c1-8(2)7-12-5-3-9(4-6-12)11-10(13)14/h8-9,11H,3-7H2,1-2H3,(H,13,14). The SMILES string of the molecule is CC(C)CN1CCC(NC(=O)O)CC1. The fraction of sp³-hybridized carbons (Fsp3) is 0.900. The summed E-state index contributed by atoms with van der Waals surface area (Å²) in [5, 5.41) is 11.1. The van der Waals surface area contributed by atoms with Crippen LogP contribution in [-0.4, -0.2) is 41.8 Å². The van der Waals surface area contributed by atoms with E-state index in [0.29, 0.717) is 5.92 Å². The molecule has 0 atom stereocenters. The van der Waals surface area contributed by atoms with E-state index in [1.54, 1.807) is 0 Å². The molecule has 1 saturated heterocycles. The molecule has 4 nitrogen and oxygen atoms in total. The second-order valence-electron chi connectivity index (χ2n) is 4.42. The number of carboxylic acid groups (broad SMARTS) is 1. The first-order chi connectivity index (χ1) is 6.58. The Bertz CT molecular complexity index is 187. The molecule has 0 saturated carbocycles. The highest BCUT2D eigenvalue weighted by Gasteiger charge is 2.20. The van der Waals surface area contributed by atoms with Crippen molar-refractivity contribution in [3.05, 3.63) is 0 Å². The molecule has 0 aromatic heterocycles. The van der Waals surface area contributed by atoms with E-state index in [2.05, 4.69) is 24.1 Å². The lowest BCUT2D eigenvalue weighted by Gasteiger charge is -2.32. The van der Waals surface area contributed by atoms with Crippen molar-refractivity contribution in [1.29, 1.82) is 0 Å². The highest BCUT2D eigenvalue weighted by molar-refractivity contribution is 5.64. The van der Waals surface area contributed by atoms with Crippen molar-refractivity contribution in [2.75, 3.05) is 19.6 Å². The quantitative estimate of drug-likeness (QED) is 0.723. The van der Waals surface area contributed by atoms with E-state index in [4.69, 9.17) is 5.11 Å². The molecule has 1 amide bonds. The van der Waals surface area contributed by atoms with Crippen LogP contribution >= 0.6 is 0 Å². The molecule has 0 aliphatic carbocycles. The van der Waals surface area contributed by atoms with Gasteiger partial charge in [-0.2, -0.15) is 0 Å². The van der Waals surface area contributed by atoms with Gasteiger partial charge in [-0.1, -0.05) is 13.8 Å². The average Bonchev–Trinajstić information content (AvgIpc) is 2.06. The van der Waals surface area contributed by atoms with Gasteiger partial charge in [0.2, 0.25) is 0 Å². The molecule has 1 fully saturated rings. The number of nitrogens with zero attached hydrogens (tertiary/aromatic N) is 1. The summed E-state index contributed by atoms with van der Waals surface area (Å²) in [5.41, 5.74) is 0. The fourth-order valence-electron chi connectivity index (χ4n) is 1.95. The number of carbonyl (C=O) groups is 1. The number of piperidine rings is 1. The van der Waals surface area contributed by atoms with Crippen molar-refractivity contribution < 1.29 is 9.90 Å². The van der Waals surface area contributed by atoms with Crippen molar-refractivity contribution >= 4 is 6.09 Å². The summed E-state index contributed by atoms with van der Waals surface area (Å²) in [6.07, 6.45) is 0.991. The normalized spacial score (nSPS) is 19.9. The summed E-state index contributed by atoms with van der Waals surface area (Å²) in [6, 6.07) is 0.163. The van der Waals surface area contributed by atoms with Crippen LogP contribution < -0.4 is 5.32 Å². The van der Waals surface area contributed by atoms with Crippen molar-refractivity contribution in [2.24, 2.45) is 5.92 Å². The topological polar surface area (TPSA) is 52.6 Å². The van der Waals surface area contributed by atoms with Gasteiger partial charge < -0.3 is 15.3 Å². The van der Waals surface area contributed by atoms with Gasteiger partial charge in [0.1, 0.15) is 0 Å². The molecule has 0 bridgehead atoms. The van der Waals surface area contributed by atoms with Gasteiger partial charge in [-0.05, 0) is 18.8 Å². The van der Waals surface area contributed by atoms with Crippen molar-refractivity contribution in [2.45, 2.75) is 32.7 Å². The first kappa shape index (κ1) is 11.3. The van der Waals surface area contributed by atoms with Gasteiger partial charge in [-0.15, -0.1) is 0 Å². The minimum Gasteiger partial charge on any atom is -0.465 e. The van der Waals surface area contributed by atoms with Gasteiger partial charge >= 0.3 is 6.09 Å². The van der Waals surface area contributed by atoms with E-state index < -0.39 is 6.09 Å². The lowest BCUT2D eigenvalue weighted by atomic mass is 10.0. The largest absolute Gasteiger partial charge is 0.465 e. The van der Waals surface area contributed by atoms with Crippen LogP contribution in [0.25, 0.3) is 0 Å². The zero-order chi connectivity index (χ0) is 10.6. The highest BCUT2D eigenvalue weighted by atomic mass is 16.4. The van der Waals surface area contributed by atoms with Crippen LogP contribution in [0.4, 0.5) is 4.79 Å². The van der Waals surface area contributed by atoms with Gasteiger partial charge in [0.25, 0.3) is 0 Å². The van der Waals surface area contributed by atoms with Crippen LogP contribution in [0.15, 0.2) is 0 Å². The van der Waals surface area contributed by atoms with Gasteiger partial charge in [-0.25, -0.2) is 4.79 Å². The summed E-state index contributed by atoms with van der Waals surface area (Å²) >= 11 is 0. The summed E-state index contributed by atoms with van der Waals surface area (Å²) in [5.74, 6) is 0.694. The van der Waals surface area contributed by atoms with Crippen molar-refractivity contribution in [1.82, 2.24) is 10.2 Å². The summed E-state index contributed by atoms with van der Waals surface area (Å²) in [7, 11) is 0. The number of amides is 1. The van der Waals surface area contributed by atoms with Crippen LogP contribution in [0.2, 0.25) is 0 Å². The van der Waals surface area contributed by atoms with Gasteiger partial charge in [0.05, 0.1) is 0 Å². The van der Waals surface area contributed by atoms with Crippen LogP contribution in [0.5, 0.6) is 0 Å². The second-order valence-corrected chi connectivity index (χ2v) is 4.42. The van der Waals surface area contributed by atoms with E-state index in [9.17, 15) is 4.79 Å². The lowest BCUT2D eigenvalue weighted by molar-refractivity contribution is 0.161. The van der Waals surface area contributed by atoms with E-state index in [1.807, 2.05) is 0 Å². The average molecular weight is 200 g/mol. The van der Waals surface area contributed by atoms with E-state index in [-0.39, 0.29) is 6.04 Å². The fourth-order valence-corrected chi connectivity index (χ4v) is 1.95. The first-order valence-corrected chi connectivity index (χ1v) is 5.29. The maximum atomic E-state index is 10.4. The minimum atomic E-state index is -0.896.